The van der Waals surface area contributed by atoms with E-state index in [9.17, 15) is 13.2 Å². The highest BCUT2D eigenvalue weighted by molar-refractivity contribution is 9.10. The van der Waals surface area contributed by atoms with Gasteiger partial charge in [0.1, 0.15) is 6.54 Å². The SMILES string of the molecule is CC(C)N(CC(=O)O)S(=O)(=O)c1cccc(Cl)c1Br. The van der Waals surface area contributed by atoms with Gasteiger partial charge in [0.25, 0.3) is 0 Å². The average molecular weight is 371 g/mol. The monoisotopic (exact) mass is 369 g/mol. The highest BCUT2D eigenvalue weighted by Gasteiger charge is 2.31. The Labute approximate surface area is 125 Å². The molecule has 106 valence electrons. The third-order valence-electron chi connectivity index (χ3n) is 2.37. The Bertz CT molecular complexity index is 588. The van der Waals surface area contributed by atoms with Crippen molar-refractivity contribution in [3.8, 4) is 0 Å². The molecule has 0 saturated heterocycles. The first-order chi connectivity index (χ1) is 8.67. The van der Waals surface area contributed by atoms with Crippen LogP contribution in [0.1, 0.15) is 13.8 Å². The van der Waals surface area contributed by atoms with Crippen LogP contribution >= 0.6 is 27.5 Å². The molecule has 5 nitrogen and oxygen atoms in total. The van der Waals surface area contributed by atoms with Gasteiger partial charge in [0.15, 0.2) is 0 Å². The van der Waals surface area contributed by atoms with Crippen LogP contribution in [0.3, 0.4) is 0 Å². The minimum atomic E-state index is -3.93. The molecule has 1 N–H and O–H groups in total. The first-order valence-electron chi connectivity index (χ1n) is 5.35. The molecule has 0 amide bonds. The van der Waals surface area contributed by atoms with Crippen molar-refractivity contribution in [2.75, 3.05) is 6.54 Å². The van der Waals surface area contributed by atoms with Crippen molar-refractivity contribution in [2.45, 2.75) is 24.8 Å². The third-order valence-corrected chi connectivity index (χ3v) is 6.09. The molecule has 0 heterocycles. The lowest BCUT2D eigenvalue weighted by molar-refractivity contribution is -0.137. The minimum absolute atomic E-state index is 0.0463. The smallest absolute Gasteiger partial charge is 0.318 e. The molecule has 0 atom stereocenters. The molecule has 0 spiro atoms. The fourth-order valence-corrected chi connectivity index (χ4v) is 4.27. The highest BCUT2D eigenvalue weighted by Crippen LogP contribution is 2.31. The second-order valence-corrected chi connectivity index (χ2v) is 7.15. The molecule has 1 rings (SSSR count). The molecule has 0 bridgehead atoms. The maximum Gasteiger partial charge on any atom is 0.318 e. The van der Waals surface area contributed by atoms with Gasteiger partial charge in [-0.25, -0.2) is 8.42 Å². The maximum absolute atomic E-state index is 12.5. The summed E-state index contributed by atoms with van der Waals surface area (Å²) in [7, 11) is -3.93. The topological polar surface area (TPSA) is 74.7 Å². The van der Waals surface area contributed by atoms with Crippen molar-refractivity contribution in [3.05, 3.63) is 27.7 Å². The summed E-state index contributed by atoms with van der Waals surface area (Å²) in [6.07, 6.45) is 0. The molecule has 0 aromatic heterocycles. The van der Waals surface area contributed by atoms with Gasteiger partial charge >= 0.3 is 5.97 Å². The number of hydrogen-bond acceptors (Lipinski definition) is 3. The van der Waals surface area contributed by atoms with Crippen molar-refractivity contribution in [1.29, 1.82) is 0 Å². The predicted octanol–water partition coefficient (Wildman–Crippen LogP) is 2.59. The van der Waals surface area contributed by atoms with Crippen LogP contribution in [0.15, 0.2) is 27.6 Å². The fourth-order valence-electron chi connectivity index (χ4n) is 1.49. The summed E-state index contributed by atoms with van der Waals surface area (Å²) in [5.74, 6) is -1.21. The second-order valence-electron chi connectivity index (χ2n) is 4.09. The van der Waals surface area contributed by atoms with Crippen molar-refractivity contribution in [1.82, 2.24) is 4.31 Å². The number of sulfonamides is 1. The van der Waals surface area contributed by atoms with E-state index in [4.69, 9.17) is 16.7 Å². The molecule has 0 fully saturated rings. The van der Waals surface area contributed by atoms with Crippen LogP contribution in [0, 0.1) is 0 Å². The third kappa shape index (κ3) is 3.68. The summed E-state index contributed by atoms with van der Waals surface area (Å²) in [5.41, 5.74) is 0. The van der Waals surface area contributed by atoms with Crippen molar-refractivity contribution < 1.29 is 18.3 Å². The molecule has 0 aliphatic heterocycles. The van der Waals surface area contributed by atoms with Crippen LogP contribution in [0.4, 0.5) is 0 Å². The molecule has 0 saturated carbocycles. The summed E-state index contributed by atoms with van der Waals surface area (Å²) >= 11 is 8.98. The van der Waals surface area contributed by atoms with Crippen LogP contribution in [0.5, 0.6) is 0 Å². The number of carbonyl (C=O) groups is 1. The largest absolute Gasteiger partial charge is 0.480 e. The Morgan fingerprint density at radius 1 is 1.47 bits per heavy atom. The zero-order chi connectivity index (χ0) is 14.8. The Morgan fingerprint density at radius 2 is 2.05 bits per heavy atom. The van der Waals surface area contributed by atoms with Gasteiger partial charge in [0, 0.05) is 6.04 Å². The van der Waals surface area contributed by atoms with E-state index in [2.05, 4.69) is 15.9 Å². The average Bonchev–Trinajstić information content (AvgIpc) is 2.28. The molecular formula is C11H13BrClNO4S. The maximum atomic E-state index is 12.5. The van der Waals surface area contributed by atoms with E-state index in [1.165, 1.54) is 12.1 Å². The number of halogens is 2. The lowest BCUT2D eigenvalue weighted by Crippen LogP contribution is -2.40. The van der Waals surface area contributed by atoms with Gasteiger partial charge < -0.3 is 5.11 Å². The Morgan fingerprint density at radius 3 is 2.53 bits per heavy atom. The van der Waals surface area contributed by atoms with E-state index in [-0.39, 0.29) is 14.4 Å². The number of hydrogen-bond donors (Lipinski definition) is 1. The molecule has 19 heavy (non-hydrogen) atoms. The Balaban J connectivity index is 3.35. The normalized spacial score (nSPS) is 12.1. The van der Waals surface area contributed by atoms with E-state index in [1.54, 1.807) is 19.9 Å². The molecule has 0 aliphatic carbocycles. The number of carboxylic acid groups (broad SMARTS) is 1. The predicted molar refractivity (Wildman–Crippen MR) is 75.8 cm³/mol. The van der Waals surface area contributed by atoms with Crippen molar-refractivity contribution in [3.63, 3.8) is 0 Å². The van der Waals surface area contributed by atoms with Crippen LogP contribution in [0.2, 0.25) is 5.02 Å². The molecular weight excluding hydrogens is 358 g/mol. The van der Waals surface area contributed by atoms with E-state index < -0.39 is 28.6 Å². The molecule has 0 aliphatic rings. The number of rotatable bonds is 5. The summed E-state index contributed by atoms with van der Waals surface area (Å²) in [6, 6.07) is 3.94. The molecule has 1 aromatic rings. The van der Waals surface area contributed by atoms with Gasteiger partial charge in [-0.1, -0.05) is 17.7 Å². The Kier molecular flexibility index (Phi) is 5.37. The van der Waals surface area contributed by atoms with Crippen LogP contribution in [-0.2, 0) is 14.8 Å². The quantitative estimate of drug-likeness (QED) is 0.864. The first kappa shape index (κ1) is 16.4. The summed E-state index contributed by atoms with van der Waals surface area (Å²) in [5, 5.41) is 9.07. The lowest BCUT2D eigenvalue weighted by atomic mass is 10.4. The highest BCUT2D eigenvalue weighted by atomic mass is 79.9. The molecule has 1 aromatic carbocycles. The molecule has 0 unspecified atom stereocenters. The Hall–Kier alpha value is -0.630. The summed E-state index contributed by atoms with van der Waals surface area (Å²) in [4.78, 5) is 10.8. The van der Waals surface area contributed by atoms with E-state index in [1.807, 2.05) is 0 Å². The van der Waals surface area contributed by atoms with E-state index in [0.717, 1.165) is 4.31 Å². The van der Waals surface area contributed by atoms with E-state index >= 15 is 0 Å². The van der Waals surface area contributed by atoms with Gasteiger partial charge in [-0.05, 0) is 41.9 Å². The molecule has 0 radical (unpaired) electrons. The van der Waals surface area contributed by atoms with Gasteiger partial charge in [-0.3, -0.25) is 4.79 Å². The minimum Gasteiger partial charge on any atom is -0.480 e. The zero-order valence-corrected chi connectivity index (χ0v) is 13.5. The van der Waals surface area contributed by atoms with Crippen molar-refractivity contribution in [2.24, 2.45) is 0 Å². The second kappa shape index (κ2) is 6.21. The van der Waals surface area contributed by atoms with Crippen LogP contribution < -0.4 is 0 Å². The van der Waals surface area contributed by atoms with Crippen molar-refractivity contribution >= 4 is 43.5 Å². The first-order valence-corrected chi connectivity index (χ1v) is 7.96. The van der Waals surface area contributed by atoms with Crippen LogP contribution in [-0.4, -0.2) is 36.4 Å². The summed E-state index contributed by atoms with van der Waals surface area (Å²) in [6.45, 7) is 2.62. The fraction of sp³-hybridized carbons (Fsp3) is 0.364. The standard InChI is InChI=1S/C11H13BrClNO4S/c1-7(2)14(6-10(15)16)19(17,18)9-5-3-4-8(13)11(9)12/h3-5,7H,6H2,1-2H3,(H,15,16). The summed E-state index contributed by atoms with van der Waals surface area (Å²) < 4.78 is 26.1. The molecule has 8 heteroatoms. The van der Waals surface area contributed by atoms with E-state index in [0.29, 0.717) is 0 Å². The van der Waals surface area contributed by atoms with Crippen LogP contribution in [0.25, 0.3) is 0 Å². The number of nitrogens with zero attached hydrogens (tertiary/aromatic N) is 1. The van der Waals surface area contributed by atoms with Gasteiger partial charge in [0.05, 0.1) is 14.4 Å². The van der Waals surface area contributed by atoms with Gasteiger partial charge in [0.2, 0.25) is 10.0 Å². The zero-order valence-electron chi connectivity index (χ0n) is 10.3. The number of carboxylic acids is 1. The number of benzene rings is 1. The van der Waals surface area contributed by atoms with Gasteiger partial charge in [-0.2, -0.15) is 4.31 Å². The van der Waals surface area contributed by atoms with Gasteiger partial charge in [-0.15, -0.1) is 0 Å². The lowest BCUT2D eigenvalue weighted by Gasteiger charge is -2.24. The number of aliphatic carboxylic acids is 1.